The Hall–Kier alpha value is -4.57. The average molecular weight is 565 g/mol. The van der Waals surface area contributed by atoms with Crippen LogP contribution in [0.15, 0.2) is 57.7 Å². The van der Waals surface area contributed by atoms with E-state index >= 15 is 0 Å². The number of methoxy groups -OCH3 is 1. The number of hydrogen-bond donors (Lipinski definition) is 4. The molecule has 2 heterocycles. The first-order chi connectivity index (χ1) is 19.8. The van der Waals surface area contributed by atoms with E-state index in [1.165, 1.54) is 25.3 Å². The molecule has 0 saturated carbocycles. The van der Waals surface area contributed by atoms with Crippen molar-refractivity contribution in [3.05, 3.63) is 64.3 Å². The van der Waals surface area contributed by atoms with Gasteiger partial charge in [-0.15, -0.1) is 0 Å². The van der Waals surface area contributed by atoms with Crippen LogP contribution in [0.25, 0.3) is 22.3 Å². The fraction of sp³-hybridized carbons (Fsp3) is 0.323. The van der Waals surface area contributed by atoms with Crippen molar-refractivity contribution in [1.29, 1.82) is 0 Å². The Morgan fingerprint density at radius 2 is 1.73 bits per heavy atom. The molecule has 0 fully saturated rings. The monoisotopic (exact) mass is 564 g/mol. The second-order valence-corrected chi connectivity index (χ2v) is 9.81. The lowest BCUT2D eigenvalue weighted by Crippen LogP contribution is -2.36. The molecule has 10 nitrogen and oxygen atoms in total. The van der Waals surface area contributed by atoms with Crippen molar-refractivity contribution in [2.24, 2.45) is 0 Å². The van der Waals surface area contributed by atoms with Crippen LogP contribution in [0.5, 0.6) is 40.2 Å². The molecule has 1 aliphatic heterocycles. The fourth-order valence-electron chi connectivity index (χ4n) is 4.84. The van der Waals surface area contributed by atoms with Gasteiger partial charge in [0, 0.05) is 23.3 Å². The van der Waals surface area contributed by atoms with E-state index in [2.05, 4.69) is 6.92 Å². The molecular weight excluding hydrogens is 532 g/mol. The third-order valence-corrected chi connectivity index (χ3v) is 6.96. The number of fused-ring (bicyclic) bond motifs is 2. The van der Waals surface area contributed by atoms with Crippen molar-refractivity contribution in [3.63, 3.8) is 0 Å². The molecule has 4 N–H and O–H groups in total. The summed E-state index contributed by atoms with van der Waals surface area (Å²) in [5.74, 6) is 0.0464. The van der Waals surface area contributed by atoms with E-state index in [0.29, 0.717) is 23.5 Å². The van der Waals surface area contributed by atoms with E-state index in [4.69, 9.17) is 23.4 Å². The first kappa shape index (κ1) is 28.0. The van der Waals surface area contributed by atoms with Crippen molar-refractivity contribution in [2.45, 2.75) is 44.8 Å². The molecule has 0 radical (unpaired) electrons. The highest BCUT2D eigenvalue weighted by Gasteiger charge is 2.34. The summed E-state index contributed by atoms with van der Waals surface area (Å²) in [6.07, 6.45) is 2.38. The first-order valence-electron chi connectivity index (χ1n) is 13.5. The fourth-order valence-corrected chi connectivity index (χ4v) is 4.84. The molecule has 0 spiro atoms. The number of ether oxygens (including phenoxy) is 4. The number of phenols is 2. The number of rotatable bonds is 10. The highest BCUT2D eigenvalue weighted by atomic mass is 16.6. The summed E-state index contributed by atoms with van der Waals surface area (Å²) in [5, 5.41) is 41.2. The number of aliphatic hydroxyl groups excluding tert-OH is 1. The van der Waals surface area contributed by atoms with Crippen molar-refractivity contribution in [1.82, 2.24) is 0 Å². The van der Waals surface area contributed by atoms with Crippen LogP contribution in [0.1, 0.15) is 44.3 Å². The van der Waals surface area contributed by atoms with Gasteiger partial charge in [-0.25, -0.2) is 0 Å². The summed E-state index contributed by atoms with van der Waals surface area (Å²) < 4.78 is 29.1. The van der Waals surface area contributed by atoms with Crippen LogP contribution in [-0.2, 0) is 0 Å². The van der Waals surface area contributed by atoms with E-state index < -0.39 is 23.4 Å². The van der Waals surface area contributed by atoms with Gasteiger partial charge in [0.1, 0.15) is 22.5 Å². The maximum Gasteiger partial charge on any atom is 0.238 e. The summed E-state index contributed by atoms with van der Waals surface area (Å²) in [6.45, 7) is 2.11. The highest BCUT2D eigenvalue weighted by molar-refractivity contribution is 5.88. The van der Waals surface area contributed by atoms with Gasteiger partial charge in [-0.2, -0.15) is 0 Å². The Morgan fingerprint density at radius 3 is 2.49 bits per heavy atom. The topological polar surface area (TPSA) is 148 Å². The normalized spacial score (nSPS) is 16.1. The minimum absolute atomic E-state index is 0.0317. The molecule has 0 aliphatic carbocycles. The highest BCUT2D eigenvalue weighted by Crippen LogP contribution is 2.44. The first-order valence-corrected chi connectivity index (χ1v) is 13.5. The van der Waals surface area contributed by atoms with E-state index in [0.717, 1.165) is 25.7 Å². The number of aliphatic hydroxyl groups is 1. The predicted molar refractivity (Wildman–Crippen MR) is 150 cm³/mol. The van der Waals surface area contributed by atoms with Gasteiger partial charge in [0.25, 0.3) is 0 Å². The summed E-state index contributed by atoms with van der Waals surface area (Å²) in [7, 11) is 1.43. The molecule has 0 amide bonds. The van der Waals surface area contributed by atoms with Gasteiger partial charge >= 0.3 is 0 Å². The van der Waals surface area contributed by atoms with Crippen LogP contribution >= 0.6 is 0 Å². The largest absolute Gasteiger partial charge is 0.508 e. The number of phenolic OH excluding ortho intramolecular Hbond substituents is 2. The maximum atomic E-state index is 13.3. The maximum absolute atomic E-state index is 13.3. The predicted octanol–water partition coefficient (Wildman–Crippen LogP) is 5.42. The molecule has 0 bridgehead atoms. The van der Waals surface area contributed by atoms with E-state index in [1.807, 2.05) is 0 Å². The van der Waals surface area contributed by atoms with Crippen molar-refractivity contribution < 1.29 is 43.8 Å². The van der Waals surface area contributed by atoms with Crippen LogP contribution in [0, 0.1) is 0 Å². The number of aromatic hydroxyl groups is 3. The van der Waals surface area contributed by atoms with Crippen LogP contribution in [0.2, 0.25) is 0 Å². The van der Waals surface area contributed by atoms with Gasteiger partial charge in [-0.3, -0.25) is 4.79 Å². The van der Waals surface area contributed by atoms with Gasteiger partial charge in [-0.1, -0.05) is 32.3 Å². The van der Waals surface area contributed by atoms with Gasteiger partial charge in [0.15, 0.2) is 41.0 Å². The second-order valence-electron chi connectivity index (χ2n) is 9.81. The molecule has 2 atom stereocenters. The molecule has 1 aromatic heterocycles. The zero-order chi connectivity index (χ0) is 29.1. The Bertz CT molecular complexity index is 1610. The number of unbranched alkanes of at least 4 members (excludes halogenated alkanes) is 3. The lowest BCUT2D eigenvalue weighted by Gasteiger charge is -2.33. The molecule has 5 rings (SSSR count). The Labute approximate surface area is 235 Å². The Kier molecular flexibility index (Phi) is 8.11. The summed E-state index contributed by atoms with van der Waals surface area (Å²) in [4.78, 5) is 13.3. The third kappa shape index (κ3) is 5.55. The molecule has 2 unspecified atom stereocenters. The molecular formula is C31H32O10. The minimum Gasteiger partial charge on any atom is -0.508 e. The van der Waals surface area contributed by atoms with Crippen molar-refractivity contribution in [3.8, 4) is 51.6 Å². The molecule has 4 aromatic rings. The van der Waals surface area contributed by atoms with Crippen LogP contribution in [0.4, 0.5) is 0 Å². The summed E-state index contributed by atoms with van der Waals surface area (Å²) in [5.41, 5.74) is 0.260. The van der Waals surface area contributed by atoms with Crippen molar-refractivity contribution >= 4 is 11.0 Å². The smallest absolute Gasteiger partial charge is 0.238 e. The molecule has 10 heteroatoms. The third-order valence-electron chi connectivity index (χ3n) is 6.96. The zero-order valence-electron chi connectivity index (χ0n) is 22.8. The van der Waals surface area contributed by atoms with Gasteiger partial charge in [0.05, 0.1) is 20.3 Å². The summed E-state index contributed by atoms with van der Waals surface area (Å²) in [6, 6.07) is 12.0. The zero-order valence-corrected chi connectivity index (χ0v) is 22.8. The van der Waals surface area contributed by atoms with Crippen LogP contribution in [0.3, 0.4) is 0 Å². The lowest BCUT2D eigenvalue weighted by molar-refractivity contribution is -0.0123. The number of hydrogen-bond acceptors (Lipinski definition) is 10. The molecule has 216 valence electrons. The molecule has 3 aromatic carbocycles. The van der Waals surface area contributed by atoms with Crippen LogP contribution in [-0.4, -0.2) is 46.9 Å². The number of benzene rings is 3. The van der Waals surface area contributed by atoms with Gasteiger partial charge in [-0.05, 0) is 36.8 Å². The second kappa shape index (κ2) is 11.9. The average Bonchev–Trinajstić information content (AvgIpc) is 2.97. The van der Waals surface area contributed by atoms with Gasteiger partial charge in [0.2, 0.25) is 11.2 Å². The molecule has 41 heavy (non-hydrogen) atoms. The Morgan fingerprint density at radius 1 is 0.902 bits per heavy atom. The van der Waals surface area contributed by atoms with E-state index in [-0.39, 0.29) is 52.1 Å². The quantitative estimate of drug-likeness (QED) is 0.184. The minimum atomic E-state index is -0.761. The van der Waals surface area contributed by atoms with E-state index in [9.17, 15) is 25.2 Å². The van der Waals surface area contributed by atoms with E-state index in [1.54, 1.807) is 30.3 Å². The standard InChI is InChI=1S/C31H32O10/c1-3-4-5-6-11-38-24-14-19(33)15-25-27(24)28(35)29(36)31(41-25)18-8-10-21-23(13-18)40-30(26(16-32)39-21)17-7-9-20(34)22(12-17)37-2/h7-10,12-15,26,30,32-34,36H,3-6,11,16H2,1-2H3. The SMILES string of the molecule is CCCCCCOc1cc(O)cc2oc(-c3ccc4c(c3)OC(c3ccc(O)c(OC)c3)C(CO)O4)c(O)c(=O)c12. The molecule has 1 aliphatic rings. The molecule has 0 saturated heterocycles. The Balaban J connectivity index is 1.50. The van der Waals surface area contributed by atoms with Crippen LogP contribution < -0.4 is 24.4 Å². The van der Waals surface area contributed by atoms with Crippen molar-refractivity contribution in [2.75, 3.05) is 20.3 Å². The summed E-state index contributed by atoms with van der Waals surface area (Å²) >= 11 is 0. The van der Waals surface area contributed by atoms with Gasteiger partial charge < -0.3 is 43.8 Å². The lowest BCUT2D eigenvalue weighted by atomic mass is 10.0.